The summed E-state index contributed by atoms with van der Waals surface area (Å²) < 4.78 is 11.4. The third-order valence-electron chi connectivity index (χ3n) is 4.01. The summed E-state index contributed by atoms with van der Waals surface area (Å²) in [4.78, 5) is 12.6. The van der Waals surface area contributed by atoms with Gasteiger partial charge in [0.25, 0.3) is 5.91 Å². The molecule has 0 fully saturated rings. The summed E-state index contributed by atoms with van der Waals surface area (Å²) in [6.45, 7) is 4.41. The number of hydrogen-bond donors (Lipinski definition) is 1. The molecule has 0 spiro atoms. The van der Waals surface area contributed by atoms with Crippen molar-refractivity contribution in [2.24, 2.45) is 5.10 Å². The molecular formula is C24H22N2O3. The van der Waals surface area contributed by atoms with Gasteiger partial charge in [-0.05, 0) is 29.8 Å². The molecule has 0 bridgehead atoms. The molecule has 0 atom stereocenters. The zero-order chi connectivity index (χ0) is 20.3. The average Bonchev–Trinajstić information content (AvgIpc) is 2.78. The van der Waals surface area contributed by atoms with Crippen LogP contribution in [-0.2, 0) is 6.61 Å². The Morgan fingerprint density at radius 3 is 2.38 bits per heavy atom. The van der Waals surface area contributed by atoms with E-state index >= 15 is 0 Å². The van der Waals surface area contributed by atoms with Gasteiger partial charge in [0.2, 0.25) is 0 Å². The number of ether oxygens (including phenoxy) is 2. The summed E-state index contributed by atoms with van der Waals surface area (Å²) in [6.07, 6.45) is 3.21. The van der Waals surface area contributed by atoms with Gasteiger partial charge in [0.15, 0.2) is 0 Å². The molecule has 0 radical (unpaired) electrons. The van der Waals surface area contributed by atoms with Crippen molar-refractivity contribution in [3.05, 3.63) is 108 Å². The molecule has 29 heavy (non-hydrogen) atoms. The first-order valence-corrected chi connectivity index (χ1v) is 9.20. The smallest absolute Gasteiger partial charge is 0.275 e. The maximum absolute atomic E-state index is 12.6. The first-order valence-electron chi connectivity index (χ1n) is 9.20. The minimum atomic E-state index is -0.352. The first kappa shape index (κ1) is 19.9. The van der Waals surface area contributed by atoms with Crippen LogP contribution in [0.2, 0.25) is 0 Å². The van der Waals surface area contributed by atoms with Gasteiger partial charge in [-0.2, -0.15) is 5.10 Å². The van der Waals surface area contributed by atoms with E-state index in [1.807, 2.05) is 60.7 Å². The fraction of sp³-hybridized carbons (Fsp3) is 0.0833. The highest BCUT2D eigenvalue weighted by molar-refractivity contribution is 5.97. The van der Waals surface area contributed by atoms with Gasteiger partial charge in [-0.1, -0.05) is 67.3 Å². The fourth-order valence-corrected chi connectivity index (χ4v) is 2.60. The van der Waals surface area contributed by atoms with E-state index in [1.165, 1.54) is 0 Å². The predicted octanol–water partition coefficient (Wildman–Crippen LogP) is 4.59. The van der Waals surface area contributed by atoms with Gasteiger partial charge in [0, 0.05) is 5.56 Å². The quantitative estimate of drug-likeness (QED) is 0.332. The van der Waals surface area contributed by atoms with Crippen LogP contribution in [0.5, 0.6) is 11.5 Å². The molecule has 3 rings (SSSR count). The van der Waals surface area contributed by atoms with E-state index in [1.54, 1.807) is 30.5 Å². The van der Waals surface area contributed by atoms with Gasteiger partial charge in [0.05, 0.1) is 11.8 Å². The Hall–Kier alpha value is -3.86. The molecule has 0 heterocycles. The van der Waals surface area contributed by atoms with Crippen LogP contribution in [-0.4, -0.2) is 18.7 Å². The van der Waals surface area contributed by atoms with Crippen LogP contribution in [0.4, 0.5) is 0 Å². The van der Waals surface area contributed by atoms with Crippen LogP contribution in [0.1, 0.15) is 21.5 Å². The molecule has 1 amide bonds. The lowest BCUT2D eigenvalue weighted by Crippen LogP contribution is -2.18. The van der Waals surface area contributed by atoms with E-state index in [0.29, 0.717) is 30.3 Å². The number of carbonyl (C=O) groups is 1. The third kappa shape index (κ3) is 5.81. The molecule has 1 N–H and O–H groups in total. The molecule has 3 aromatic rings. The number of hydrazone groups is 1. The monoisotopic (exact) mass is 386 g/mol. The Bertz CT molecular complexity index is 984. The van der Waals surface area contributed by atoms with E-state index in [0.717, 1.165) is 11.1 Å². The lowest BCUT2D eigenvalue weighted by atomic mass is 10.2. The second-order valence-corrected chi connectivity index (χ2v) is 6.11. The van der Waals surface area contributed by atoms with Crippen LogP contribution in [0, 0.1) is 0 Å². The molecule has 0 aliphatic rings. The Labute approximate surface area is 170 Å². The second kappa shape index (κ2) is 10.5. The Morgan fingerprint density at radius 1 is 0.897 bits per heavy atom. The molecule has 0 unspecified atom stereocenters. The van der Waals surface area contributed by atoms with Crippen LogP contribution < -0.4 is 14.9 Å². The molecule has 3 aromatic carbocycles. The van der Waals surface area contributed by atoms with E-state index in [4.69, 9.17) is 9.47 Å². The summed E-state index contributed by atoms with van der Waals surface area (Å²) in [5.74, 6) is 0.810. The lowest BCUT2D eigenvalue weighted by molar-refractivity contribution is 0.0950. The summed E-state index contributed by atoms with van der Waals surface area (Å²) in [6, 6.07) is 24.3. The van der Waals surface area contributed by atoms with Crippen LogP contribution in [0.25, 0.3) is 0 Å². The van der Waals surface area contributed by atoms with Gasteiger partial charge in [-0.3, -0.25) is 4.79 Å². The van der Waals surface area contributed by atoms with Crippen molar-refractivity contribution in [3.63, 3.8) is 0 Å². The molecule has 0 aliphatic carbocycles. The predicted molar refractivity (Wildman–Crippen MR) is 114 cm³/mol. The minimum absolute atomic E-state index is 0.352. The van der Waals surface area contributed by atoms with Gasteiger partial charge in [0.1, 0.15) is 24.7 Å². The van der Waals surface area contributed by atoms with Crippen molar-refractivity contribution in [2.75, 3.05) is 6.61 Å². The first-order chi connectivity index (χ1) is 14.3. The molecule has 0 aliphatic heterocycles. The van der Waals surface area contributed by atoms with Crippen molar-refractivity contribution in [3.8, 4) is 11.5 Å². The third-order valence-corrected chi connectivity index (χ3v) is 4.01. The van der Waals surface area contributed by atoms with Gasteiger partial charge < -0.3 is 9.47 Å². The maximum atomic E-state index is 12.6. The second-order valence-electron chi connectivity index (χ2n) is 6.11. The average molecular weight is 386 g/mol. The summed E-state index contributed by atoms with van der Waals surface area (Å²) >= 11 is 0. The highest BCUT2D eigenvalue weighted by Crippen LogP contribution is 2.19. The SMILES string of the molecule is C=CCOc1ccccc1/C=N\NC(=O)c1ccccc1OCc1ccccc1. The summed E-state index contributed by atoms with van der Waals surface area (Å²) in [7, 11) is 0. The molecule has 146 valence electrons. The maximum Gasteiger partial charge on any atom is 0.275 e. The number of nitrogens with one attached hydrogen (secondary N) is 1. The summed E-state index contributed by atoms with van der Waals surface area (Å²) in [5.41, 5.74) is 4.74. The Morgan fingerprint density at radius 2 is 1.59 bits per heavy atom. The van der Waals surface area contributed by atoms with Crippen molar-refractivity contribution in [1.29, 1.82) is 0 Å². The van der Waals surface area contributed by atoms with Crippen molar-refractivity contribution < 1.29 is 14.3 Å². The minimum Gasteiger partial charge on any atom is -0.489 e. The Balaban J connectivity index is 1.65. The highest BCUT2D eigenvalue weighted by Gasteiger charge is 2.11. The van der Waals surface area contributed by atoms with Crippen LogP contribution in [0.3, 0.4) is 0 Å². The molecule has 5 nitrogen and oxygen atoms in total. The topological polar surface area (TPSA) is 59.9 Å². The van der Waals surface area contributed by atoms with E-state index in [2.05, 4.69) is 17.1 Å². The number of para-hydroxylation sites is 2. The number of nitrogens with zero attached hydrogens (tertiary/aromatic N) is 1. The molecule has 0 aromatic heterocycles. The zero-order valence-electron chi connectivity index (χ0n) is 16.0. The van der Waals surface area contributed by atoms with Crippen molar-refractivity contribution >= 4 is 12.1 Å². The summed E-state index contributed by atoms with van der Waals surface area (Å²) in [5, 5.41) is 4.06. The zero-order valence-corrected chi connectivity index (χ0v) is 16.0. The van der Waals surface area contributed by atoms with E-state index < -0.39 is 0 Å². The number of benzene rings is 3. The number of amides is 1. The number of carbonyl (C=O) groups excluding carboxylic acids is 1. The number of hydrogen-bond acceptors (Lipinski definition) is 4. The van der Waals surface area contributed by atoms with Crippen LogP contribution >= 0.6 is 0 Å². The normalized spacial score (nSPS) is 10.5. The molecular weight excluding hydrogens is 364 g/mol. The molecule has 5 heteroatoms. The van der Waals surface area contributed by atoms with E-state index in [9.17, 15) is 4.79 Å². The van der Waals surface area contributed by atoms with Gasteiger partial charge in [-0.15, -0.1) is 0 Å². The van der Waals surface area contributed by atoms with Gasteiger partial charge in [-0.25, -0.2) is 5.43 Å². The lowest BCUT2D eigenvalue weighted by Gasteiger charge is -2.10. The van der Waals surface area contributed by atoms with Gasteiger partial charge >= 0.3 is 0 Å². The standard InChI is InChI=1S/C24H22N2O3/c1-2-16-28-22-14-8-6-12-20(22)17-25-26-24(27)21-13-7-9-15-23(21)29-18-19-10-4-3-5-11-19/h2-15,17H,1,16,18H2,(H,26,27)/b25-17-. The molecule has 0 saturated heterocycles. The van der Waals surface area contributed by atoms with Crippen LogP contribution in [0.15, 0.2) is 96.6 Å². The Kier molecular flexibility index (Phi) is 7.18. The molecule has 0 saturated carbocycles. The largest absolute Gasteiger partial charge is 0.489 e. The van der Waals surface area contributed by atoms with Crippen molar-refractivity contribution in [1.82, 2.24) is 5.43 Å². The fourth-order valence-electron chi connectivity index (χ4n) is 2.60. The van der Waals surface area contributed by atoms with E-state index in [-0.39, 0.29) is 5.91 Å². The van der Waals surface area contributed by atoms with Crippen molar-refractivity contribution in [2.45, 2.75) is 6.61 Å². The highest BCUT2D eigenvalue weighted by atomic mass is 16.5. The number of rotatable bonds is 9.